The molecular weight excluding hydrogens is 266 g/mol. The van der Waals surface area contributed by atoms with E-state index in [-0.39, 0.29) is 12.5 Å². The number of aryl methyl sites for hydroxylation is 1. The fraction of sp³-hybridized carbons (Fsp3) is 0.471. The zero-order valence-corrected chi connectivity index (χ0v) is 12.9. The molecule has 1 amide bonds. The summed E-state index contributed by atoms with van der Waals surface area (Å²) in [6.07, 6.45) is 0. The van der Waals surface area contributed by atoms with Gasteiger partial charge in [0.05, 0.1) is 6.61 Å². The van der Waals surface area contributed by atoms with E-state index in [0.717, 1.165) is 11.1 Å². The van der Waals surface area contributed by atoms with Gasteiger partial charge in [-0.15, -0.1) is 0 Å². The van der Waals surface area contributed by atoms with Crippen LogP contribution in [0, 0.1) is 24.7 Å². The largest absolute Gasteiger partial charge is 0.384 e. The standard InChI is InChI=1S/C17H23NO3/c1-13(2)12-21-8-6-18-17(20)16-10-14(3)9-15(11-16)5-4-7-19/h9-11,13,19H,6-8,12H2,1-3H3,(H,18,20). The molecule has 1 rings (SSSR count). The number of carbonyl (C=O) groups excluding carboxylic acids is 1. The third-order valence-electron chi connectivity index (χ3n) is 2.63. The van der Waals surface area contributed by atoms with E-state index in [1.165, 1.54) is 0 Å². The van der Waals surface area contributed by atoms with Crippen LogP contribution in [0.5, 0.6) is 0 Å². The summed E-state index contributed by atoms with van der Waals surface area (Å²) in [6.45, 7) is 7.57. The Kier molecular flexibility index (Phi) is 7.52. The molecule has 0 spiro atoms. The van der Waals surface area contributed by atoms with Crippen molar-refractivity contribution in [1.29, 1.82) is 0 Å². The predicted octanol–water partition coefficient (Wildman–Crippen LogP) is 1.74. The van der Waals surface area contributed by atoms with Crippen molar-refractivity contribution in [1.82, 2.24) is 5.32 Å². The first-order valence-electron chi connectivity index (χ1n) is 7.10. The Labute approximate surface area is 126 Å². The Morgan fingerprint density at radius 2 is 2.14 bits per heavy atom. The highest BCUT2D eigenvalue weighted by Gasteiger charge is 2.06. The second kappa shape index (κ2) is 9.17. The molecule has 4 heteroatoms. The highest BCUT2D eigenvalue weighted by atomic mass is 16.5. The average Bonchev–Trinajstić information content (AvgIpc) is 2.43. The Bertz CT molecular complexity index is 527. The summed E-state index contributed by atoms with van der Waals surface area (Å²) < 4.78 is 5.42. The molecule has 4 nitrogen and oxygen atoms in total. The molecule has 0 fully saturated rings. The Balaban J connectivity index is 2.55. The van der Waals surface area contributed by atoms with Gasteiger partial charge in [0, 0.05) is 24.3 Å². The van der Waals surface area contributed by atoms with Crippen LogP contribution < -0.4 is 5.32 Å². The summed E-state index contributed by atoms with van der Waals surface area (Å²) in [7, 11) is 0. The normalized spacial score (nSPS) is 10.1. The molecule has 21 heavy (non-hydrogen) atoms. The highest BCUT2D eigenvalue weighted by Crippen LogP contribution is 2.09. The molecule has 0 heterocycles. The maximum atomic E-state index is 12.1. The molecule has 1 aromatic rings. The summed E-state index contributed by atoms with van der Waals surface area (Å²) in [5.41, 5.74) is 2.26. The molecule has 2 N–H and O–H groups in total. The van der Waals surface area contributed by atoms with Crippen molar-refractivity contribution in [2.24, 2.45) is 5.92 Å². The lowest BCUT2D eigenvalue weighted by Gasteiger charge is -2.09. The van der Waals surface area contributed by atoms with Gasteiger partial charge in [-0.1, -0.05) is 25.7 Å². The van der Waals surface area contributed by atoms with E-state index in [1.807, 2.05) is 19.1 Å². The van der Waals surface area contributed by atoms with Gasteiger partial charge in [-0.2, -0.15) is 0 Å². The van der Waals surface area contributed by atoms with Gasteiger partial charge in [0.25, 0.3) is 5.91 Å². The lowest BCUT2D eigenvalue weighted by Crippen LogP contribution is -2.27. The van der Waals surface area contributed by atoms with Gasteiger partial charge in [0.15, 0.2) is 0 Å². The molecular formula is C17H23NO3. The lowest BCUT2D eigenvalue weighted by atomic mass is 10.1. The zero-order chi connectivity index (χ0) is 15.7. The van der Waals surface area contributed by atoms with E-state index < -0.39 is 0 Å². The molecule has 0 atom stereocenters. The van der Waals surface area contributed by atoms with Gasteiger partial charge >= 0.3 is 0 Å². The van der Waals surface area contributed by atoms with Crippen molar-refractivity contribution in [2.45, 2.75) is 20.8 Å². The first-order valence-corrected chi connectivity index (χ1v) is 7.10. The van der Waals surface area contributed by atoms with Crippen molar-refractivity contribution in [3.63, 3.8) is 0 Å². The van der Waals surface area contributed by atoms with Crippen LogP contribution in [0.15, 0.2) is 18.2 Å². The third kappa shape index (κ3) is 6.94. The minimum atomic E-state index is -0.192. The summed E-state index contributed by atoms with van der Waals surface area (Å²) >= 11 is 0. The van der Waals surface area contributed by atoms with Gasteiger partial charge in [-0.3, -0.25) is 4.79 Å². The maximum Gasteiger partial charge on any atom is 0.251 e. The second-order valence-corrected chi connectivity index (χ2v) is 5.27. The first-order chi connectivity index (χ1) is 10.0. The summed E-state index contributed by atoms with van der Waals surface area (Å²) in [4.78, 5) is 12.1. The smallest absolute Gasteiger partial charge is 0.251 e. The minimum Gasteiger partial charge on any atom is -0.384 e. The average molecular weight is 289 g/mol. The molecule has 0 saturated heterocycles. The molecule has 0 unspecified atom stereocenters. The molecule has 0 bridgehead atoms. The quantitative estimate of drug-likeness (QED) is 0.619. The van der Waals surface area contributed by atoms with Crippen molar-refractivity contribution < 1.29 is 14.6 Å². The maximum absolute atomic E-state index is 12.1. The van der Waals surface area contributed by atoms with Crippen molar-refractivity contribution in [3.8, 4) is 11.8 Å². The van der Waals surface area contributed by atoms with Gasteiger partial charge < -0.3 is 15.2 Å². The number of amides is 1. The number of carbonyl (C=O) groups is 1. The van der Waals surface area contributed by atoms with Crippen LogP contribution in [-0.2, 0) is 4.74 Å². The van der Waals surface area contributed by atoms with E-state index in [1.54, 1.807) is 6.07 Å². The number of aliphatic hydroxyl groups is 1. The minimum absolute atomic E-state index is 0.140. The van der Waals surface area contributed by atoms with Gasteiger partial charge in [0.1, 0.15) is 6.61 Å². The second-order valence-electron chi connectivity index (χ2n) is 5.27. The molecule has 0 aliphatic heterocycles. The van der Waals surface area contributed by atoms with Crippen LogP contribution in [0.4, 0.5) is 0 Å². The van der Waals surface area contributed by atoms with Crippen LogP contribution >= 0.6 is 0 Å². The van der Waals surface area contributed by atoms with Gasteiger partial charge in [-0.05, 0) is 36.6 Å². The molecule has 0 radical (unpaired) electrons. The predicted molar refractivity (Wildman–Crippen MR) is 83.1 cm³/mol. The fourth-order valence-electron chi connectivity index (χ4n) is 1.79. The highest BCUT2D eigenvalue weighted by molar-refractivity contribution is 5.94. The van der Waals surface area contributed by atoms with Crippen molar-refractivity contribution in [2.75, 3.05) is 26.4 Å². The van der Waals surface area contributed by atoms with E-state index in [0.29, 0.717) is 31.2 Å². The molecule has 0 aromatic heterocycles. The topological polar surface area (TPSA) is 58.6 Å². The summed E-state index contributed by atoms with van der Waals surface area (Å²) in [5, 5.41) is 11.5. The van der Waals surface area contributed by atoms with Crippen molar-refractivity contribution >= 4 is 5.91 Å². The van der Waals surface area contributed by atoms with Crippen LogP contribution in [-0.4, -0.2) is 37.4 Å². The Morgan fingerprint density at radius 3 is 2.81 bits per heavy atom. The molecule has 0 aliphatic carbocycles. The number of hydrogen-bond acceptors (Lipinski definition) is 3. The molecule has 1 aromatic carbocycles. The summed E-state index contributed by atoms with van der Waals surface area (Å²) in [5.74, 6) is 5.75. The zero-order valence-electron chi connectivity index (χ0n) is 12.9. The Hall–Kier alpha value is -1.83. The van der Waals surface area contributed by atoms with E-state index >= 15 is 0 Å². The van der Waals surface area contributed by atoms with E-state index in [9.17, 15) is 4.79 Å². The molecule has 114 valence electrons. The number of ether oxygens (including phenoxy) is 1. The number of aliphatic hydroxyl groups excluding tert-OH is 1. The third-order valence-corrected chi connectivity index (χ3v) is 2.63. The van der Waals surface area contributed by atoms with Crippen molar-refractivity contribution in [3.05, 3.63) is 34.9 Å². The number of nitrogens with one attached hydrogen (secondary N) is 1. The number of hydrogen-bond donors (Lipinski definition) is 2. The van der Waals surface area contributed by atoms with E-state index in [4.69, 9.17) is 9.84 Å². The van der Waals surface area contributed by atoms with Crippen LogP contribution in [0.1, 0.15) is 35.3 Å². The first kappa shape index (κ1) is 17.2. The SMILES string of the molecule is Cc1cc(C#CCO)cc(C(=O)NCCOCC(C)C)c1. The Morgan fingerprint density at radius 1 is 1.38 bits per heavy atom. The van der Waals surface area contributed by atoms with E-state index in [2.05, 4.69) is 31.0 Å². The van der Waals surface area contributed by atoms with Gasteiger partial charge in [-0.25, -0.2) is 0 Å². The van der Waals surface area contributed by atoms with Gasteiger partial charge in [0.2, 0.25) is 0 Å². The lowest BCUT2D eigenvalue weighted by molar-refractivity contribution is 0.0886. The number of benzene rings is 1. The fourth-order valence-corrected chi connectivity index (χ4v) is 1.79. The monoisotopic (exact) mass is 289 g/mol. The van der Waals surface area contributed by atoms with Crippen LogP contribution in [0.2, 0.25) is 0 Å². The number of rotatable bonds is 6. The molecule has 0 aliphatic rings. The van der Waals surface area contributed by atoms with Crippen LogP contribution in [0.3, 0.4) is 0 Å². The molecule has 0 saturated carbocycles. The summed E-state index contributed by atoms with van der Waals surface area (Å²) in [6, 6.07) is 5.42. The van der Waals surface area contributed by atoms with Crippen LogP contribution in [0.25, 0.3) is 0 Å².